The third-order valence-corrected chi connectivity index (χ3v) is 4.05. The van der Waals surface area contributed by atoms with E-state index in [1.54, 1.807) is 6.08 Å². The summed E-state index contributed by atoms with van der Waals surface area (Å²) >= 11 is 0.393. The van der Waals surface area contributed by atoms with E-state index in [1.807, 2.05) is 18.2 Å². The zero-order valence-corrected chi connectivity index (χ0v) is 9.23. The summed E-state index contributed by atoms with van der Waals surface area (Å²) in [6.07, 6.45) is 2.26. The van der Waals surface area contributed by atoms with Crippen LogP contribution in [-0.4, -0.2) is 26.2 Å². The molecule has 1 nitrogen and oxygen atoms in total. The summed E-state index contributed by atoms with van der Waals surface area (Å²) in [7, 11) is 0. The van der Waals surface area contributed by atoms with Crippen molar-refractivity contribution in [2.24, 2.45) is 0 Å². The van der Waals surface area contributed by atoms with Gasteiger partial charge in [0.1, 0.15) is 0 Å². The van der Waals surface area contributed by atoms with E-state index in [2.05, 4.69) is 18.7 Å². The minimum absolute atomic E-state index is 0.210. The monoisotopic (exact) mass is 242 g/mol. The predicted molar refractivity (Wildman–Crippen MR) is 57.5 cm³/mol. The molecule has 1 rings (SSSR count). The van der Waals surface area contributed by atoms with Gasteiger partial charge in [-0.3, -0.25) is 0 Å². The zero-order valence-electron chi connectivity index (χ0n) is 7.52. The molecule has 1 aromatic rings. The van der Waals surface area contributed by atoms with Gasteiger partial charge in [0.2, 0.25) is 0 Å². The molecule has 0 bridgehead atoms. The van der Waals surface area contributed by atoms with Crippen LogP contribution in [0, 0.1) is 0 Å². The second-order valence-electron chi connectivity index (χ2n) is 2.80. The Morgan fingerprint density at radius 2 is 2.08 bits per heavy atom. The quantitative estimate of drug-likeness (QED) is 0.609. The molecule has 0 saturated heterocycles. The molecule has 70 valence electrons. The van der Waals surface area contributed by atoms with E-state index in [0.29, 0.717) is 21.4 Å². The molecule has 2 heteroatoms. The molecule has 1 N–H and O–H groups in total. The van der Waals surface area contributed by atoms with Crippen molar-refractivity contribution < 1.29 is 5.11 Å². The molecule has 1 aromatic carbocycles. The van der Waals surface area contributed by atoms with E-state index in [1.165, 1.54) is 4.46 Å². The van der Waals surface area contributed by atoms with Gasteiger partial charge in [-0.1, -0.05) is 0 Å². The fourth-order valence-electron chi connectivity index (χ4n) is 0.970. The van der Waals surface area contributed by atoms with Crippen molar-refractivity contribution in [1.29, 1.82) is 0 Å². The Hall–Kier alpha value is -0.561. The van der Waals surface area contributed by atoms with Crippen LogP contribution < -0.4 is 4.46 Å². The number of aliphatic hydroxyl groups excluding tert-OH is 1. The van der Waals surface area contributed by atoms with Crippen LogP contribution in [0.3, 0.4) is 0 Å². The molecule has 0 radical (unpaired) electrons. The summed E-state index contributed by atoms with van der Waals surface area (Å²) in [5.74, 6) is 0. The van der Waals surface area contributed by atoms with Crippen molar-refractivity contribution in [2.75, 3.05) is 0 Å². The Morgan fingerprint density at radius 3 is 2.69 bits per heavy atom. The average molecular weight is 241 g/mol. The van der Waals surface area contributed by atoms with E-state index >= 15 is 0 Å². The summed E-state index contributed by atoms with van der Waals surface area (Å²) in [5.41, 5.74) is 0. The standard InChI is InChI=1S/C11H14OSe/c1-2-6-10(12)9-13-11-7-4-3-5-8-11/h2-5,7-8,10,12H,1,6,9H2/t10-/m0/s1. The number of rotatable bonds is 5. The van der Waals surface area contributed by atoms with Crippen LogP contribution in [0.15, 0.2) is 43.0 Å². The Labute approximate surface area is 85.6 Å². The van der Waals surface area contributed by atoms with Crippen molar-refractivity contribution in [3.05, 3.63) is 43.0 Å². The molecule has 0 aliphatic carbocycles. The van der Waals surface area contributed by atoms with Crippen molar-refractivity contribution in [3.63, 3.8) is 0 Å². The molecular formula is C11H14OSe. The van der Waals surface area contributed by atoms with Crippen LogP contribution in [0.25, 0.3) is 0 Å². The van der Waals surface area contributed by atoms with Crippen molar-refractivity contribution in [2.45, 2.75) is 17.8 Å². The summed E-state index contributed by atoms with van der Waals surface area (Å²) in [5, 5.41) is 10.3. The number of hydrogen-bond acceptors (Lipinski definition) is 1. The van der Waals surface area contributed by atoms with Crippen LogP contribution in [0.4, 0.5) is 0 Å². The Bertz CT molecular complexity index is 246. The van der Waals surface area contributed by atoms with Crippen LogP contribution in [0.5, 0.6) is 0 Å². The molecule has 0 heterocycles. The fourth-order valence-corrected chi connectivity index (χ4v) is 2.80. The van der Waals surface area contributed by atoms with Gasteiger partial charge in [0.05, 0.1) is 0 Å². The Kier molecular flexibility index (Phi) is 4.84. The zero-order chi connectivity index (χ0) is 9.52. The van der Waals surface area contributed by atoms with E-state index in [0.717, 1.165) is 5.32 Å². The molecule has 0 fully saturated rings. The third kappa shape index (κ3) is 4.28. The fraction of sp³-hybridized carbons (Fsp3) is 0.273. The van der Waals surface area contributed by atoms with Crippen molar-refractivity contribution >= 4 is 19.4 Å². The topological polar surface area (TPSA) is 20.2 Å². The average Bonchev–Trinajstić information content (AvgIpc) is 2.17. The third-order valence-electron chi connectivity index (χ3n) is 1.62. The number of aliphatic hydroxyl groups is 1. The molecule has 13 heavy (non-hydrogen) atoms. The molecule has 0 unspecified atom stereocenters. The first-order chi connectivity index (χ1) is 6.33. The van der Waals surface area contributed by atoms with Crippen LogP contribution in [0.2, 0.25) is 5.32 Å². The van der Waals surface area contributed by atoms with Gasteiger partial charge in [-0.25, -0.2) is 0 Å². The van der Waals surface area contributed by atoms with E-state index in [-0.39, 0.29) is 6.10 Å². The van der Waals surface area contributed by atoms with Crippen molar-refractivity contribution in [1.82, 2.24) is 0 Å². The summed E-state index contributed by atoms with van der Waals surface area (Å²) in [6.45, 7) is 3.60. The Balaban J connectivity index is 2.30. The van der Waals surface area contributed by atoms with Crippen molar-refractivity contribution in [3.8, 4) is 0 Å². The van der Waals surface area contributed by atoms with E-state index < -0.39 is 0 Å². The van der Waals surface area contributed by atoms with Gasteiger partial charge in [0, 0.05) is 0 Å². The first kappa shape index (κ1) is 10.5. The molecule has 0 aliphatic rings. The Morgan fingerprint density at radius 1 is 1.38 bits per heavy atom. The molecule has 1 atom stereocenters. The molecule has 0 amide bonds. The van der Waals surface area contributed by atoms with Gasteiger partial charge in [-0.05, 0) is 0 Å². The molecular weight excluding hydrogens is 227 g/mol. The van der Waals surface area contributed by atoms with Gasteiger partial charge in [0.15, 0.2) is 0 Å². The van der Waals surface area contributed by atoms with E-state index in [4.69, 9.17) is 0 Å². The molecule has 0 aliphatic heterocycles. The second kappa shape index (κ2) is 5.98. The summed E-state index contributed by atoms with van der Waals surface area (Å²) in [6, 6.07) is 10.3. The molecule has 0 saturated carbocycles. The van der Waals surface area contributed by atoms with Gasteiger partial charge in [0.25, 0.3) is 0 Å². The normalized spacial score (nSPS) is 12.4. The van der Waals surface area contributed by atoms with Crippen LogP contribution in [-0.2, 0) is 0 Å². The number of hydrogen-bond donors (Lipinski definition) is 1. The van der Waals surface area contributed by atoms with Crippen LogP contribution >= 0.6 is 0 Å². The van der Waals surface area contributed by atoms with Gasteiger partial charge >= 0.3 is 85.4 Å². The van der Waals surface area contributed by atoms with Crippen LogP contribution in [0.1, 0.15) is 6.42 Å². The second-order valence-corrected chi connectivity index (χ2v) is 5.10. The van der Waals surface area contributed by atoms with Gasteiger partial charge in [-0.2, -0.15) is 0 Å². The molecule has 0 aromatic heterocycles. The SMILES string of the molecule is C=CC[C@H](O)C[Se]c1ccccc1. The van der Waals surface area contributed by atoms with E-state index in [9.17, 15) is 5.11 Å². The minimum atomic E-state index is -0.210. The summed E-state index contributed by atoms with van der Waals surface area (Å²) < 4.78 is 1.35. The predicted octanol–water partition coefficient (Wildman–Crippen LogP) is 1.37. The van der Waals surface area contributed by atoms with Gasteiger partial charge in [-0.15, -0.1) is 0 Å². The summed E-state index contributed by atoms with van der Waals surface area (Å²) in [4.78, 5) is 0. The maximum absolute atomic E-state index is 9.45. The maximum atomic E-state index is 9.45. The number of benzene rings is 1. The first-order valence-corrected chi connectivity index (χ1v) is 6.36. The first-order valence-electron chi connectivity index (χ1n) is 4.29. The van der Waals surface area contributed by atoms with Gasteiger partial charge < -0.3 is 0 Å². The molecule has 0 spiro atoms.